The van der Waals surface area contributed by atoms with Crippen LogP contribution >= 0.6 is 24.0 Å². The fourth-order valence-corrected chi connectivity index (χ4v) is 7.16. The van der Waals surface area contributed by atoms with E-state index in [1.165, 1.54) is 16.1 Å². The number of hydrogen-bond donors (Lipinski definition) is 0. The Morgan fingerprint density at radius 2 is 1.86 bits per heavy atom. The standard InChI is InChI=1S/C15H23NO2S3Si/c1-12-5-7-14(8-6-12)21(17,18)16-13(11-20-15(16)19)9-10-22(2,3)4/h5-8,13H,9-11H2,1-4H3. The molecule has 1 unspecified atom stereocenters. The highest BCUT2D eigenvalue weighted by molar-refractivity contribution is 8.24. The minimum absolute atomic E-state index is 0.00414. The quantitative estimate of drug-likeness (QED) is 0.575. The lowest BCUT2D eigenvalue weighted by molar-refractivity contribution is 0.459. The van der Waals surface area contributed by atoms with Gasteiger partial charge in [-0.25, -0.2) is 12.7 Å². The zero-order chi connectivity index (χ0) is 16.5. The van der Waals surface area contributed by atoms with E-state index in [9.17, 15) is 8.42 Å². The van der Waals surface area contributed by atoms with Crippen LogP contribution in [0.2, 0.25) is 25.7 Å². The van der Waals surface area contributed by atoms with Crippen molar-refractivity contribution in [1.29, 1.82) is 0 Å². The summed E-state index contributed by atoms with van der Waals surface area (Å²) in [6, 6.07) is 8.11. The van der Waals surface area contributed by atoms with E-state index in [-0.39, 0.29) is 6.04 Å². The highest BCUT2D eigenvalue weighted by atomic mass is 32.2. The molecule has 1 aliphatic heterocycles. The van der Waals surface area contributed by atoms with Crippen molar-refractivity contribution in [1.82, 2.24) is 4.31 Å². The third kappa shape index (κ3) is 4.13. The second-order valence-electron chi connectivity index (χ2n) is 6.94. The third-order valence-electron chi connectivity index (χ3n) is 3.72. The zero-order valence-electron chi connectivity index (χ0n) is 13.5. The molecule has 1 aromatic rings. The van der Waals surface area contributed by atoms with Crippen LogP contribution < -0.4 is 0 Å². The summed E-state index contributed by atoms with van der Waals surface area (Å²) in [5.41, 5.74) is 1.05. The Kier molecular flexibility index (Phi) is 5.41. The second-order valence-corrected chi connectivity index (χ2v) is 16.0. The summed E-state index contributed by atoms with van der Waals surface area (Å²) in [6.07, 6.45) is 0.897. The molecule has 1 saturated heterocycles. The van der Waals surface area contributed by atoms with Gasteiger partial charge in [-0.2, -0.15) is 0 Å². The van der Waals surface area contributed by atoms with Crippen LogP contribution in [0.25, 0.3) is 0 Å². The Bertz CT molecular complexity index is 650. The van der Waals surface area contributed by atoms with Crippen LogP contribution in [0.5, 0.6) is 0 Å². The number of aryl methyl sites for hydroxylation is 1. The molecule has 22 heavy (non-hydrogen) atoms. The summed E-state index contributed by atoms with van der Waals surface area (Å²) in [7, 11) is -4.73. The van der Waals surface area contributed by atoms with Crippen LogP contribution in [0.15, 0.2) is 29.2 Å². The van der Waals surface area contributed by atoms with Crippen LogP contribution in [0.4, 0.5) is 0 Å². The first-order chi connectivity index (χ1) is 10.1. The molecule has 0 aromatic heterocycles. The van der Waals surface area contributed by atoms with Gasteiger partial charge in [0, 0.05) is 13.8 Å². The Hall–Kier alpha value is -0.373. The first kappa shape index (κ1) is 18.0. The van der Waals surface area contributed by atoms with Gasteiger partial charge in [0.05, 0.1) is 10.9 Å². The molecule has 1 aliphatic rings. The number of thiocarbonyl (C=S) groups is 1. The predicted molar refractivity (Wildman–Crippen MR) is 102 cm³/mol. The van der Waals surface area contributed by atoms with Crippen molar-refractivity contribution in [3.05, 3.63) is 29.8 Å². The fraction of sp³-hybridized carbons (Fsp3) is 0.533. The molecule has 1 atom stereocenters. The zero-order valence-corrected chi connectivity index (χ0v) is 16.9. The minimum atomic E-state index is -3.53. The van der Waals surface area contributed by atoms with Gasteiger partial charge in [-0.1, -0.05) is 67.4 Å². The van der Waals surface area contributed by atoms with Crippen molar-refractivity contribution >= 4 is 46.4 Å². The molecule has 122 valence electrons. The molecule has 0 bridgehead atoms. The number of thioether (sulfide) groups is 1. The highest BCUT2D eigenvalue weighted by Gasteiger charge is 2.39. The van der Waals surface area contributed by atoms with E-state index in [0.717, 1.165) is 23.8 Å². The summed E-state index contributed by atoms with van der Waals surface area (Å²) in [5.74, 6) is 0.772. The van der Waals surface area contributed by atoms with Crippen LogP contribution in [0.1, 0.15) is 12.0 Å². The van der Waals surface area contributed by atoms with E-state index in [4.69, 9.17) is 12.2 Å². The second kappa shape index (κ2) is 6.63. The number of benzene rings is 1. The lowest BCUT2D eigenvalue weighted by Gasteiger charge is -2.27. The number of sulfonamides is 1. The maximum absolute atomic E-state index is 12.9. The summed E-state index contributed by atoms with van der Waals surface area (Å²) in [6.45, 7) is 8.88. The molecular formula is C15H23NO2S3Si. The average Bonchev–Trinajstić information content (AvgIpc) is 2.78. The van der Waals surface area contributed by atoms with E-state index in [0.29, 0.717) is 9.22 Å². The van der Waals surface area contributed by atoms with Gasteiger partial charge in [-0.15, -0.1) is 0 Å². The van der Waals surface area contributed by atoms with Gasteiger partial charge in [0.1, 0.15) is 0 Å². The monoisotopic (exact) mass is 373 g/mol. The Balaban J connectivity index is 2.26. The lowest BCUT2D eigenvalue weighted by atomic mass is 10.2. The maximum Gasteiger partial charge on any atom is 0.265 e. The average molecular weight is 374 g/mol. The van der Waals surface area contributed by atoms with Gasteiger partial charge >= 0.3 is 0 Å². The van der Waals surface area contributed by atoms with Crippen LogP contribution in [0, 0.1) is 6.92 Å². The summed E-state index contributed by atoms with van der Waals surface area (Å²) in [4.78, 5) is 0.334. The number of rotatable bonds is 5. The van der Waals surface area contributed by atoms with Crippen molar-refractivity contribution in [3.8, 4) is 0 Å². The molecule has 0 amide bonds. The van der Waals surface area contributed by atoms with Crippen LogP contribution in [-0.2, 0) is 10.0 Å². The Morgan fingerprint density at radius 1 is 1.27 bits per heavy atom. The molecule has 0 radical (unpaired) electrons. The summed E-state index contributed by atoms with van der Waals surface area (Å²) >= 11 is 6.80. The van der Waals surface area contributed by atoms with E-state index >= 15 is 0 Å². The minimum Gasteiger partial charge on any atom is -0.247 e. The third-order valence-corrected chi connectivity index (χ3v) is 9.15. The molecule has 3 nitrogen and oxygen atoms in total. The Labute approximate surface area is 144 Å². The SMILES string of the molecule is Cc1ccc(S(=O)(=O)N2C(=S)SCC2CC[Si](C)(C)C)cc1. The van der Waals surface area contributed by atoms with Crippen LogP contribution in [0.3, 0.4) is 0 Å². The molecule has 0 aliphatic carbocycles. The van der Waals surface area contributed by atoms with E-state index in [1.807, 2.05) is 19.1 Å². The number of hydrogen-bond acceptors (Lipinski definition) is 4. The molecule has 1 fully saturated rings. The van der Waals surface area contributed by atoms with Crippen molar-refractivity contribution < 1.29 is 8.42 Å². The van der Waals surface area contributed by atoms with Gasteiger partial charge < -0.3 is 0 Å². The molecule has 2 rings (SSSR count). The normalized spacial score (nSPS) is 19.7. The van der Waals surface area contributed by atoms with Gasteiger partial charge in [0.25, 0.3) is 10.0 Å². The molecular weight excluding hydrogens is 350 g/mol. The topological polar surface area (TPSA) is 37.4 Å². The van der Waals surface area contributed by atoms with Crippen LogP contribution in [-0.4, -0.2) is 36.9 Å². The first-order valence-electron chi connectivity index (χ1n) is 7.39. The molecule has 1 heterocycles. The van der Waals surface area contributed by atoms with Crippen molar-refractivity contribution in [2.24, 2.45) is 0 Å². The summed E-state index contributed by atoms with van der Waals surface area (Å²) < 4.78 is 27.8. The van der Waals surface area contributed by atoms with Gasteiger partial charge in [-0.05, 0) is 25.5 Å². The number of nitrogens with zero attached hydrogens (tertiary/aromatic N) is 1. The van der Waals surface area contributed by atoms with Gasteiger partial charge in [-0.3, -0.25) is 0 Å². The predicted octanol–water partition coefficient (Wildman–Crippen LogP) is 4.11. The van der Waals surface area contributed by atoms with Crippen molar-refractivity contribution in [3.63, 3.8) is 0 Å². The van der Waals surface area contributed by atoms with Crippen molar-refractivity contribution in [2.75, 3.05) is 5.75 Å². The smallest absolute Gasteiger partial charge is 0.247 e. The van der Waals surface area contributed by atoms with Crippen molar-refractivity contribution in [2.45, 2.75) is 50.0 Å². The maximum atomic E-state index is 12.9. The molecule has 0 saturated carbocycles. The summed E-state index contributed by atoms with van der Waals surface area (Å²) in [5, 5.41) is 0. The molecule has 1 aromatic carbocycles. The Morgan fingerprint density at radius 3 is 2.41 bits per heavy atom. The van der Waals surface area contributed by atoms with E-state index in [2.05, 4.69) is 19.6 Å². The molecule has 0 N–H and O–H groups in total. The van der Waals surface area contributed by atoms with Gasteiger partial charge in [0.2, 0.25) is 0 Å². The van der Waals surface area contributed by atoms with E-state index < -0.39 is 18.1 Å². The lowest BCUT2D eigenvalue weighted by Crippen LogP contribution is -2.39. The highest BCUT2D eigenvalue weighted by Crippen LogP contribution is 2.34. The van der Waals surface area contributed by atoms with Gasteiger partial charge in [0.15, 0.2) is 4.32 Å². The molecule has 0 spiro atoms. The van der Waals surface area contributed by atoms with E-state index in [1.54, 1.807) is 12.1 Å². The largest absolute Gasteiger partial charge is 0.265 e. The molecule has 7 heteroatoms. The fourth-order valence-electron chi connectivity index (χ4n) is 2.37. The first-order valence-corrected chi connectivity index (χ1v) is 13.9.